The van der Waals surface area contributed by atoms with Gasteiger partial charge in [-0.25, -0.2) is 0 Å². The van der Waals surface area contributed by atoms with E-state index in [0.717, 1.165) is 0 Å². The summed E-state index contributed by atoms with van der Waals surface area (Å²) in [5.74, 6) is -1.19. The lowest BCUT2D eigenvalue weighted by molar-refractivity contribution is 0.150. The third-order valence-electron chi connectivity index (χ3n) is 1.76. The Kier molecular flexibility index (Phi) is 4.96. The van der Waals surface area contributed by atoms with Crippen molar-refractivity contribution in [3.05, 3.63) is 22.4 Å². The Morgan fingerprint density at radius 2 is 2.07 bits per heavy atom. The second kappa shape index (κ2) is 5.77. The number of thiophene rings is 1. The van der Waals surface area contributed by atoms with Gasteiger partial charge in [0.2, 0.25) is 0 Å². The van der Waals surface area contributed by atoms with Crippen LogP contribution in [-0.2, 0) is 13.6 Å². The molecular weight excluding hydrogens is 235 g/mol. The predicted molar refractivity (Wildman–Crippen MR) is 60.1 cm³/mol. The quantitative estimate of drug-likeness (QED) is 0.788. The lowest BCUT2D eigenvalue weighted by atomic mass is 10.4. The molecule has 1 heterocycles. The summed E-state index contributed by atoms with van der Waals surface area (Å²) in [6, 6.07) is 1.71. The zero-order valence-electron chi connectivity index (χ0n) is 8.75. The predicted octanol–water partition coefficient (Wildman–Crippen LogP) is 3.01. The molecule has 0 bridgehead atoms. The molecule has 0 saturated heterocycles. The molecule has 0 fully saturated rings. The Bertz CT molecular complexity index is 315. The standard InChI is InChI=1S/C9H15O4PS/c1-3-12-14(11,13-4-2)9(10)8-5-6-15-7-8/h5-7,9-10H,3-4H2,1-2H3/t9-/m0/s1. The van der Waals surface area contributed by atoms with Gasteiger partial charge in [0.25, 0.3) is 0 Å². The van der Waals surface area contributed by atoms with Crippen LogP contribution in [0.25, 0.3) is 0 Å². The van der Waals surface area contributed by atoms with Gasteiger partial charge in [0, 0.05) is 5.56 Å². The van der Waals surface area contributed by atoms with E-state index in [1.165, 1.54) is 11.3 Å². The van der Waals surface area contributed by atoms with E-state index in [1.807, 2.05) is 0 Å². The average molecular weight is 250 g/mol. The van der Waals surface area contributed by atoms with Crippen molar-refractivity contribution in [2.24, 2.45) is 0 Å². The summed E-state index contributed by atoms with van der Waals surface area (Å²) < 4.78 is 22.2. The monoisotopic (exact) mass is 250 g/mol. The molecule has 0 spiro atoms. The molecule has 1 atom stereocenters. The van der Waals surface area contributed by atoms with Crippen LogP contribution in [0, 0.1) is 0 Å². The molecule has 0 aliphatic carbocycles. The molecule has 0 aliphatic rings. The molecule has 0 aliphatic heterocycles. The lowest BCUT2D eigenvalue weighted by Crippen LogP contribution is -2.05. The van der Waals surface area contributed by atoms with Gasteiger partial charge in [-0.15, -0.1) is 0 Å². The van der Waals surface area contributed by atoms with E-state index >= 15 is 0 Å². The van der Waals surface area contributed by atoms with Crippen molar-refractivity contribution in [1.29, 1.82) is 0 Å². The Labute approximate surface area is 93.4 Å². The molecule has 1 aromatic heterocycles. The minimum absolute atomic E-state index is 0.248. The van der Waals surface area contributed by atoms with Crippen LogP contribution in [0.2, 0.25) is 0 Å². The van der Waals surface area contributed by atoms with Crippen molar-refractivity contribution < 1.29 is 18.7 Å². The van der Waals surface area contributed by atoms with Crippen LogP contribution in [0.1, 0.15) is 25.3 Å². The lowest BCUT2D eigenvalue weighted by Gasteiger charge is -2.21. The molecule has 1 aromatic rings. The maximum Gasteiger partial charge on any atom is 0.363 e. The first kappa shape index (κ1) is 12.9. The Morgan fingerprint density at radius 1 is 1.47 bits per heavy atom. The largest absolute Gasteiger partial charge is 0.376 e. The van der Waals surface area contributed by atoms with Crippen LogP contribution in [0.5, 0.6) is 0 Å². The highest BCUT2D eigenvalue weighted by Gasteiger charge is 2.35. The molecule has 0 unspecified atom stereocenters. The number of hydrogen-bond donors (Lipinski definition) is 1. The average Bonchev–Trinajstić information content (AvgIpc) is 2.70. The zero-order valence-corrected chi connectivity index (χ0v) is 10.5. The van der Waals surface area contributed by atoms with E-state index in [0.29, 0.717) is 5.56 Å². The van der Waals surface area contributed by atoms with Gasteiger partial charge in [0.15, 0.2) is 5.85 Å². The van der Waals surface area contributed by atoms with Gasteiger partial charge in [-0.2, -0.15) is 11.3 Å². The van der Waals surface area contributed by atoms with E-state index in [9.17, 15) is 9.67 Å². The molecule has 6 heteroatoms. The molecule has 0 amide bonds. The number of aliphatic hydroxyl groups excluding tert-OH is 1. The fourth-order valence-electron chi connectivity index (χ4n) is 1.14. The Balaban J connectivity index is 2.84. The maximum atomic E-state index is 12.1. The summed E-state index contributed by atoms with van der Waals surface area (Å²) in [7, 11) is -3.44. The minimum atomic E-state index is -3.44. The van der Waals surface area contributed by atoms with E-state index in [4.69, 9.17) is 9.05 Å². The SMILES string of the molecule is CCOP(=O)(OCC)[C@H](O)c1ccsc1. The first-order chi connectivity index (χ1) is 7.14. The van der Waals surface area contributed by atoms with Gasteiger partial charge in [0.05, 0.1) is 13.2 Å². The van der Waals surface area contributed by atoms with Crippen molar-refractivity contribution in [2.45, 2.75) is 19.7 Å². The molecule has 15 heavy (non-hydrogen) atoms. The van der Waals surface area contributed by atoms with Gasteiger partial charge in [0.1, 0.15) is 0 Å². The fourth-order valence-corrected chi connectivity index (χ4v) is 3.53. The van der Waals surface area contributed by atoms with Gasteiger partial charge < -0.3 is 14.2 Å². The number of hydrogen-bond acceptors (Lipinski definition) is 5. The van der Waals surface area contributed by atoms with Gasteiger partial charge >= 0.3 is 7.60 Å². The van der Waals surface area contributed by atoms with Gasteiger partial charge in [-0.1, -0.05) is 0 Å². The molecule has 86 valence electrons. The Morgan fingerprint density at radius 3 is 2.47 bits per heavy atom. The van der Waals surface area contributed by atoms with Crippen LogP contribution in [0.4, 0.5) is 0 Å². The smallest absolute Gasteiger partial charge is 0.363 e. The Hall–Kier alpha value is -0.190. The highest BCUT2D eigenvalue weighted by atomic mass is 32.1. The van der Waals surface area contributed by atoms with Crippen LogP contribution >= 0.6 is 18.9 Å². The summed E-state index contributed by atoms with van der Waals surface area (Å²) >= 11 is 1.43. The zero-order chi connectivity index (χ0) is 11.3. The van der Waals surface area contributed by atoms with Crippen molar-refractivity contribution in [1.82, 2.24) is 0 Å². The fraction of sp³-hybridized carbons (Fsp3) is 0.556. The topological polar surface area (TPSA) is 55.8 Å². The van der Waals surface area contributed by atoms with Crippen molar-refractivity contribution >= 4 is 18.9 Å². The van der Waals surface area contributed by atoms with Crippen molar-refractivity contribution in [3.8, 4) is 0 Å². The summed E-state index contributed by atoms with van der Waals surface area (Å²) in [6.07, 6.45) is 0. The molecule has 0 saturated carbocycles. The maximum absolute atomic E-state index is 12.1. The van der Waals surface area contributed by atoms with Crippen molar-refractivity contribution in [3.63, 3.8) is 0 Å². The normalized spacial score (nSPS) is 14.1. The highest BCUT2D eigenvalue weighted by molar-refractivity contribution is 7.54. The second-order valence-electron chi connectivity index (χ2n) is 2.81. The van der Waals surface area contributed by atoms with Crippen LogP contribution in [0.3, 0.4) is 0 Å². The third kappa shape index (κ3) is 3.13. The number of rotatable bonds is 6. The minimum Gasteiger partial charge on any atom is -0.376 e. The van der Waals surface area contributed by atoms with E-state index < -0.39 is 13.4 Å². The second-order valence-corrected chi connectivity index (χ2v) is 5.67. The molecular formula is C9H15O4PS. The molecule has 0 aromatic carbocycles. The van der Waals surface area contributed by atoms with E-state index in [2.05, 4.69) is 0 Å². The van der Waals surface area contributed by atoms with E-state index in [-0.39, 0.29) is 13.2 Å². The van der Waals surface area contributed by atoms with Crippen molar-refractivity contribution in [2.75, 3.05) is 13.2 Å². The first-order valence-corrected chi connectivity index (χ1v) is 7.28. The van der Waals surface area contributed by atoms with E-state index in [1.54, 1.807) is 30.7 Å². The molecule has 1 rings (SSSR count). The van der Waals surface area contributed by atoms with Crippen LogP contribution in [-0.4, -0.2) is 18.3 Å². The van der Waals surface area contributed by atoms with Gasteiger partial charge in [-0.3, -0.25) is 4.57 Å². The summed E-state index contributed by atoms with van der Waals surface area (Å²) in [5, 5.41) is 13.4. The molecule has 1 N–H and O–H groups in total. The third-order valence-corrected chi connectivity index (χ3v) is 4.59. The first-order valence-electron chi connectivity index (χ1n) is 4.73. The van der Waals surface area contributed by atoms with Gasteiger partial charge in [-0.05, 0) is 30.7 Å². The molecule has 0 radical (unpaired) electrons. The summed E-state index contributed by atoms with van der Waals surface area (Å²) in [5.41, 5.74) is 0.574. The van der Waals surface area contributed by atoms with Crippen LogP contribution in [0.15, 0.2) is 16.8 Å². The summed E-state index contributed by atoms with van der Waals surface area (Å²) in [6.45, 7) is 3.93. The summed E-state index contributed by atoms with van der Waals surface area (Å²) in [4.78, 5) is 0. The highest BCUT2D eigenvalue weighted by Crippen LogP contribution is 2.59. The van der Waals surface area contributed by atoms with Crippen LogP contribution < -0.4 is 0 Å². The number of aliphatic hydroxyl groups is 1. The molecule has 4 nitrogen and oxygen atoms in total.